The monoisotopic (exact) mass is 395 g/mol. The van der Waals surface area contributed by atoms with Gasteiger partial charge in [0.2, 0.25) is 15.9 Å². The number of hydrogen-bond donors (Lipinski definition) is 0. The van der Waals surface area contributed by atoms with E-state index < -0.39 is 10.0 Å². The molecule has 0 bridgehead atoms. The summed E-state index contributed by atoms with van der Waals surface area (Å²) in [5, 5.41) is 8.38. The highest BCUT2D eigenvalue weighted by Gasteiger charge is 2.34. The van der Waals surface area contributed by atoms with Crippen LogP contribution in [0.4, 0.5) is 0 Å². The Labute approximate surface area is 161 Å². The molecule has 1 aromatic rings. The smallest absolute Gasteiger partial charge is 0.223 e. The largest absolute Gasteiger partial charge is 0.333 e. The van der Waals surface area contributed by atoms with Gasteiger partial charge in [-0.15, -0.1) is 10.2 Å². The lowest BCUT2D eigenvalue weighted by atomic mass is 9.97. The van der Waals surface area contributed by atoms with Gasteiger partial charge in [-0.05, 0) is 45.4 Å². The minimum atomic E-state index is -3.18. The van der Waals surface area contributed by atoms with Crippen molar-refractivity contribution in [1.29, 1.82) is 0 Å². The number of sulfonamides is 1. The summed E-state index contributed by atoms with van der Waals surface area (Å²) in [5.41, 5.74) is 0. The molecule has 1 aliphatic carbocycles. The second-order valence-electron chi connectivity index (χ2n) is 8.36. The van der Waals surface area contributed by atoms with Crippen molar-refractivity contribution in [1.82, 2.24) is 24.0 Å². The van der Waals surface area contributed by atoms with Crippen molar-refractivity contribution in [2.24, 2.45) is 5.92 Å². The molecule has 9 heteroatoms. The molecule has 0 atom stereocenters. The zero-order valence-corrected chi connectivity index (χ0v) is 17.0. The molecule has 1 aromatic heterocycles. The van der Waals surface area contributed by atoms with Crippen LogP contribution >= 0.6 is 0 Å². The van der Waals surface area contributed by atoms with E-state index in [1.807, 2.05) is 4.90 Å². The normalized spacial score (nSPS) is 22.3. The highest BCUT2D eigenvalue weighted by atomic mass is 32.2. The van der Waals surface area contributed by atoms with Crippen LogP contribution in [0.15, 0.2) is 0 Å². The third-order valence-electron chi connectivity index (χ3n) is 6.07. The van der Waals surface area contributed by atoms with Crippen LogP contribution in [0.3, 0.4) is 0 Å². The highest BCUT2D eigenvalue weighted by Crippen LogP contribution is 2.34. The number of nitrogens with zero attached hydrogens (tertiary/aromatic N) is 5. The average molecular weight is 396 g/mol. The highest BCUT2D eigenvalue weighted by molar-refractivity contribution is 7.89. The molecule has 27 heavy (non-hydrogen) atoms. The van der Waals surface area contributed by atoms with E-state index in [4.69, 9.17) is 0 Å². The maximum atomic E-state index is 12.4. The van der Waals surface area contributed by atoms with E-state index in [1.165, 1.54) is 12.8 Å². The van der Waals surface area contributed by atoms with Crippen LogP contribution in [0.25, 0.3) is 0 Å². The zero-order valence-electron chi connectivity index (χ0n) is 16.2. The molecule has 2 aliphatic heterocycles. The summed E-state index contributed by atoms with van der Waals surface area (Å²) in [7, 11) is -3.18. The van der Waals surface area contributed by atoms with E-state index >= 15 is 0 Å². The summed E-state index contributed by atoms with van der Waals surface area (Å²) in [4.78, 5) is 14.3. The van der Waals surface area contributed by atoms with Crippen LogP contribution in [0.1, 0.15) is 63.5 Å². The number of amides is 1. The Bertz CT molecular complexity index is 807. The SMILES string of the molecule is CC(C)S(=O)(=O)N1CCC(c2nnc3n2CCN(C(=O)CC2CC2)C3)CC1. The van der Waals surface area contributed by atoms with E-state index in [0.717, 1.165) is 31.0 Å². The van der Waals surface area contributed by atoms with Crippen molar-refractivity contribution >= 4 is 15.9 Å². The van der Waals surface area contributed by atoms with E-state index in [1.54, 1.807) is 18.2 Å². The van der Waals surface area contributed by atoms with E-state index in [0.29, 0.717) is 38.5 Å². The molecule has 4 rings (SSSR count). The van der Waals surface area contributed by atoms with Gasteiger partial charge in [0.15, 0.2) is 5.82 Å². The third-order valence-corrected chi connectivity index (χ3v) is 8.35. The molecule has 1 saturated heterocycles. The van der Waals surface area contributed by atoms with E-state index in [2.05, 4.69) is 14.8 Å². The second-order valence-corrected chi connectivity index (χ2v) is 10.8. The number of carbonyl (C=O) groups is 1. The molecule has 0 N–H and O–H groups in total. The molecule has 0 aromatic carbocycles. The summed E-state index contributed by atoms with van der Waals surface area (Å²) in [6.07, 6.45) is 4.59. The molecule has 2 fully saturated rings. The summed E-state index contributed by atoms with van der Waals surface area (Å²) < 4.78 is 28.5. The molecule has 150 valence electrons. The fourth-order valence-corrected chi connectivity index (χ4v) is 5.38. The average Bonchev–Trinajstić information content (AvgIpc) is 3.37. The van der Waals surface area contributed by atoms with Crippen LogP contribution in [0.2, 0.25) is 0 Å². The van der Waals surface area contributed by atoms with Crippen molar-refractivity contribution in [2.75, 3.05) is 19.6 Å². The molecule has 0 unspecified atom stereocenters. The lowest BCUT2D eigenvalue weighted by molar-refractivity contribution is -0.133. The quantitative estimate of drug-likeness (QED) is 0.751. The van der Waals surface area contributed by atoms with Crippen molar-refractivity contribution < 1.29 is 13.2 Å². The predicted molar refractivity (Wildman–Crippen MR) is 100 cm³/mol. The minimum absolute atomic E-state index is 0.235. The van der Waals surface area contributed by atoms with Crippen LogP contribution in [0.5, 0.6) is 0 Å². The number of hydrogen-bond acceptors (Lipinski definition) is 5. The second kappa shape index (κ2) is 7.16. The van der Waals surface area contributed by atoms with Gasteiger partial charge in [-0.25, -0.2) is 12.7 Å². The van der Waals surface area contributed by atoms with Crippen LogP contribution < -0.4 is 0 Å². The maximum Gasteiger partial charge on any atom is 0.223 e. The number of carbonyl (C=O) groups excluding carboxylic acids is 1. The van der Waals surface area contributed by atoms with Gasteiger partial charge in [0.05, 0.1) is 11.8 Å². The van der Waals surface area contributed by atoms with Crippen LogP contribution in [-0.4, -0.2) is 63.2 Å². The third kappa shape index (κ3) is 3.76. The molecule has 0 spiro atoms. The standard InChI is InChI=1S/C18H29N5O3S/c1-13(2)27(25,26)22-7-5-15(6-8-22)18-20-19-16-12-21(9-10-23(16)18)17(24)11-14-3-4-14/h13-15H,3-12H2,1-2H3. The summed E-state index contributed by atoms with van der Waals surface area (Å²) in [6, 6.07) is 0. The van der Waals surface area contributed by atoms with Gasteiger partial charge in [0.1, 0.15) is 5.82 Å². The Hall–Kier alpha value is -1.48. The van der Waals surface area contributed by atoms with E-state index in [-0.39, 0.29) is 17.1 Å². The van der Waals surface area contributed by atoms with E-state index in [9.17, 15) is 13.2 Å². The van der Waals surface area contributed by atoms with Gasteiger partial charge >= 0.3 is 0 Å². The lowest BCUT2D eigenvalue weighted by Gasteiger charge is -2.33. The van der Waals surface area contributed by atoms with Crippen LogP contribution in [0, 0.1) is 5.92 Å². The summed E-state index contributed by atoms with van der Waals surface area (Å²) in [6.45, 7) is 6.53. The Morgan fingerprint density at radius 2 is 1.78 bits per heavy atom. The number of fused-ring (bicyclic) bond motifs is 1. The van der Waals surface area contributed by atoms with Crippen molar-refractivity contribution in [2.45, 2.75) is 70.2 Å². The van der Waals surface area contributed by atoms with Crippen molar-refractivity contribution in [3.8, 4) is 0 Å². The molecule has 0 radical (unpaired) electrons. The Balaban J connectivity index is 1.39. The first-order chi connectivity index (χ1) is 12.9. The number of aromatic nitrogens is 3. The first-order valence-corrected chi connectivity index (χ1v) is 11.5. The minimum Gasteiger partial charge on any atom is -0.333 e. The van der Waals surface area contributed by atoms with Gasteiger partial charge in [0.25, 0.3) is 0 Å². The topological polar surface area (TPSA) is 88.4 Å². The van der Waals surface area contributed by atoms with Gasteiger partial charge in [-0.1, -0.05) is 0 Å². The van der Waals surface area contributed by atoms with Crippen molar-refractivity contribution in [3.63, 3.8) is 0 Å². The van der Waals surface area contributed by atoms with Gasteiger partial charge in [-0.2, -0.15) is 0 Å². The Morgan fingerprint density at radius 1 is 1.07 bits per heavy atom. The molecular formula is C18H29N5O3S. The van der Waals surface area contributed by atoms with Gasteiger partial charge in [-0.3, -0.25) is 4.79 Å². The Morgan fingerprint density at radius 3 is 2.41 bits per heavy atom. The fourth-order valence-electron chi connectivity index (χ4n) is 4.06. The molecule has 1 amide bonds. The molecule has 3 heterocycles. The van der Waals surface area contributed by atoms with Gasteiger partial charge < -0.3 is 9.47 Å². The lowest BCUT2D eigenvalue weighted by Crippen LogP contribution is -2.42. The fraction of sp³-hybridized carbons (Fsp3) is 0.833. The summed E-state index contributed by atoms with van der Waals surface area (Å²) >= 11 is 0. The first-order valence-electron chi connectivity index (χ1n) is 10.0. The molecule has 1 saturated carbocycles. The predicted octanol–water partition coefficient (Wildman–Crippen LogP) is 1.34. The molecule has 8 nitrogen and oxygen atoms in total. The molecular weight excluding hydrogens is 366 g/mol. The molecule has 3 aliphatic rings. The Kier molecular flexibility index (Phi) is 5.00. The maximum absolute atomic E-state index is 12.4. The summed E-state index contributed by atoms with van der Waals surface area (Å²) in [5.74, 6) is 2.89. The van der Waals surface area contributed by atoms with Gasteiger partial charge in [0, 0.05) is 38.5 Å². The first kappa shape index (κ1) is 18.9. The number of rotatable bonds is 5. The van der Waals surface area contributed by atoms with Crippen LogP contribution in [-0.2, 0) is 27.9 Å². The van der Waals surface area contributed by atoms with Crippen molar-refractivity contribution in [3.05, 3.63) is 11.6 Å². The zero-order chi connectivity index (χ0) is 19.2. The number of piperidine rings is 1.